The van der Waals surface area contributed by atoms with E-state index in [2.05, 4.69) is 22.0 Å². The van der Waals surface area contributed by atoms with Gasteiger partial charge < -0.3 is 19.3 Å². The largest absolute Gasteiger partial charge is 0.496 e. The van der Waals surface area contributed by atoms with Gasteiger partial charge in [-0.15, -0.1) is 0 Å². The number of methoxy groups -OCH3 is 2. The minimum absolute atomic E-state index is 0.237. The SMILES string of the molecule is COc1ccccc1C(=C1CCN(CC(O)COc2cccc3ncccc23)CC1)c1ccccc1OC. The normalized spacial score (nSPS) is 14.8. The lowest BCUT2D eigenvalue weighted by Gasteiger charge is -2.32. The highest BCUT2D eigenvalue weighted by Crippen LogP contribution is 2.40. The fraction of sp³-hybridized carbons (Fsp3) is 0.281. The molecule has 2 heterocycles. The number of aromatic nitrogens is 1. The van der Waals surface area contributed by atoms with Crippen molar-refractivity contribution in [1.82, 2.24) is 9.88 Å². The number of rotatable bonds is 9. The zero-order valence-corrected chi connectivity index (χ0v) is 22.0. The number of hydrogen-bond donors (Lipinski definition) is 1. The summed E-state index contributed by atoms with van der Waals surface area (Å²) in [6.45, 7) is 2.52. The summed E-state index contributed by atoms with van der Waals surface area (Å²) < 4.78 is 17.5. The predicted octanol–water partition coefficient (Wildman–Crippen LogP) is 5.59. The summed E-state index contributed by atoms with van der Waals surface area (Å²) in [6, 6.07) is 26.0. The molecule has 38 heavy (non-hydrogen) atoms. The molecule has 6 heteroatoms. The minimum atomic E-state index is -0.588. The lowest BCUT2D eigenvalue weighted by Crippen LogP contribution is -2.39. The maximum Gasteiger partial charge on any atom is 0.128 e. The van der Waals surface area contributed by atoms with Gasteiger partial charge in [-0.05, 0) is 54.8 Å². The monoisotopic (exact) mass is 510 g/mol. The standard InChI is InChI=1S/C32H34N2O4/c1-36-29-13-5-3-9-26(29)32(27-10-4-6-14-30(27)37-2)23-16-19-34(20-17-23)21-24(35)22-38-31-15-7-12-28-25(31)11-8-18-33-28/h3-15,18,24,35H,16-17,19-22H2,1-2H3. The summed E-state index contributed by atoms with van der Waals surface area (Å²) in [4.78, 5) is 6.69. The Balaban J connectivity index is 1.30. The fourth-order valence-corrected chi connectivity index (χ4v) is 5.22. The van der Waals surface area contributed by atoms with Crippen LogP contribution in [0.25, 0.3) is 16.5 Å². The van der Waals surface area contributed by atoms with Crippen LogP contribution in [0.15, 0.2) is 90.6 Å². The molecule has 0 amide bonds. The van der Waals surface area contributed by atoms with Crippen molar-refractivity contribution in [2.45, 2.75) is 18.9 Å². The van der Waals surface area contributed by atoms with E-state index in [1.807, 2.05) is 66.7 Å². The molecule has 0 aliphatic carbocycles. The van der Waals surface area contributed by atoms with E-state index < -0.39 is 6.10 Å². The summed E-state index contributed by atoms with van der Waals surface area (Å²) in [5, 5.41) is 11.7. The number of piperidine rings is 1. The average molecular weight is 511 g/mol. The van der Waals surface area contributed by atoms with Crippen molar-refractivity contribution in [1.29, 1.82) is 0 Å². The van der Waals surface area contributed by atoms with Crippen molar-refractivity contribution in [3.05, 3.63) is 102 Å². The molecule has 0 bridgehead atoms. The van der Waals surface area contributed by atoms with Gasteiger partial charge in [-0.3, -0.25) is 9.88 Å². The third kappa shape index (κ3) is 5.67. The second-order valence-corrected chi connectivity index (χ2v) is 9.47. The lowest BCUT2D eigenvalue weighted by molar-refractivity contribution is 0.0661. The summed E-state index contributed by atoms with van der Waals surface area (Å²) in [5.41, 5.74) is 5.56. The molecule has 0 saturated carbocycles. The molecule has 3 aromatic carbocycles. The quantitative estimate of drug-likeness (QED) is 0.317. The molecule has 1 aliphatic heterocycles. The Morgan fingerprint density at radius 2 is 1.45 bits per heavy atom. The molecule has 6 nitrogen and oxygen atoms in total. The molecule has 1 saturated heterocycles. The molecule has 5 rings (SSSR count). The number of β-amino-alcohol motifs (C(OH)–C–C–N with tert-alkyl or cyclic N) is 1. The number of likely N-dealkylation sites (tertiary alicyclic amines) is 1. The highest BCUT2D eigenvalue weighted by molar-refractivity contribution is 5.87. The molecule has 1 N–H and O–H groups in total. The van der Waals surface area contributed by atoms with Gasteiger partial charge in [0.05, 0.1) is 19.7 Å². The number of para-hydroxylation sites is 2. The summed E-state index contributed by atoms with van der Waals surface area (Å²) in [6.07, 6.45) is 2.98. The second-order valence-electron chi connectivity index (χ2n) is 9.47. The van der Waals surface area contributed by atoms with E-state index in [-0.39, 0.29) is 6.61 Å². The first-order chi connectivity index (χ1) is 18.7. The molecule has 0 spiro atoms. The van der Waals surface area contributed by atoms with Crippen LogP contribution in [-0.2, 0) is 0 Å². The Labute approximate surface area is 224 Å². The summed E-state index contributed by atoms with van der Waals surface area (Å²) >= 11 is 0. The minimum Gasteiger partial charge on any atom is -0.496 e. The number of nitrogens with zero attached hydrogens (tertiary/aromatic N) is 2. The van der Waals surface area contributed by atoms with Crippen molar-refractivity contribution < 1.29 is 19.3 Å². The number of fused-ring (bicyclic) bond motifs is 1. The van der Waals surface area contributed by atoms with Crippen LogP contribution in [0, 0.1) is 0 Å². The van der Waals surface area contributed by atoms with Gasteiger partial charge in [-0.1, -0.05) is 48.0 Å². The van der Waals surface area contributed by atoms with E-state index in [4.69, 9.17) is 14.2 Å². The first kappa shape index (κ1) is 25.8. The fourth-order valence-electron chi connectivity index (χ4n) is 5.22. The van der Waals surface area contributed by atoms with Crippen molar-refractivity contribution in [2.24, 2.45) is 0 Å². The number of benzene rings is 3. The highest BCUT2D eigenvalue weighted by Gasteiger charge is 2.24. The van der Waals surface area contributed by atoms with Crippen LogP contribution in [0.4, 0.5) is 0 Å². The van der Waals surface area contributed by atoms with Crippen LogP contribution in [0.2, 0.25) is 0 Å². The molecule has 4 aromatic rings. The van der Waals surface area contributed by atoms with E-state index in [1.165, 1.54) is 11.1 Å². The number of aliphatic hydroxyl groups excluding tert-OH is 1. The molecule has 1 atom stereocenters. The van der Waals surface area contributed by atoms with Gasteiger partial charge in [0.2, 0.25) is 0 Å². The Morgan fingerprint density at radius 1 is 0.816 bits per heavy atom. The van der Waals surface area contributed by atoms with Crippen molar-refractivity contribution in [3.63, 3.8) is 0 Å². The number of ether oxygens (including phenoxy) is 3. The molecule has 0 radical (unpaired) electrons. The van der Waals surface area contributed by atoms with Gasteiger partial charge in [0.25, 0.3) is 0 Å². The lowest BCUT2D eigenvalue weighted by atomic mass is 9.87. The number of aliphatic hydroxyl groups is 1. The zero-order chi connectivity index (χ0) is 26.3. The van der Waals surface area contributed by atoms with Crippen LogP contribution in [0.1, 0.15) is 24.0 Å². The Bertz CT molecular complexity index is 1350. The Morgan fingerprint density at radius 3 is 2.11 bits per heavy atom. The predicted molar refractivity (Wildman–Crippen MR) is 151 cm³/mol. The molecule has 196 valence electrons. The van der Waals surface area contributed by atoms with Crippen molar-refractivity contribution in [2.75, 3.05) is 40.5 Å². The van der Waals surface area contributed by atoms with Crippen LogP contribution >= 0.6 is 0 Å². The third-order valence-electron chi connectivity index (χ3n) is 7.07. The van der Waals surface area contributed by atoms with Gasteiger partial charge in [0.1, 0.15) is 30.0 Å². The van der Waals surface area contributed by atoms with Crippen molar-refractivity contribution >= 4 is 16.5 Å². The van der Waals surface area contributed by atoms with Crippen LogP contribution in [0.3, 0.4) is 0 Å². The van der Waals surface area contributed by atoms with E-state index in [1.54, 1.807) is 20.4 Å². The summed E-state index contributed by atoms with van der Waals surface area (Å²) in [7, 11) is 3.42. The van der Waals surface area contributed by atoms with Gasteiger partial charge in [0, 0.05) is 42.3 Å². The van der Waals surface area contributed by atoms with Gasteiger partial charge in [-0.2, -0.15) is 0 Å². The highest BCUT2D eigenvalue weighted by atomic mass is 16.5. The van der Waals surface area contributed by atoms with Crippen LogP contribution in [-0.4, -0.2) is 61.6 Å². The topological polar surface area (TPSA) is 64.1 Å². The maximum atomic E-state index is 10.8. The molecule has 1 aromatic heterocycles. The van der Waals surface area contributed by atoms with Gasteiger partial charge in [0.15, 0.2) is 0 Å². The molecular formula is C32H34N2O4. The van der Waals surface area contributed by atoms with E-state index in [9.17, 15) is 5.11 Å². The maximum absolute atomic E-state index is 10.8. The first-order valence-electron chi connectivity index (χ1n) is 13.0. The zero-order valence-electron chi connectivity index (χ0n) is 22.0. The average Bonchev–Trinajstić information content (AvgIpc) is 2.97. The van der Waals surface area contributed by atoms with Gasteiger partial charge >= 0.3 is 0 Å². The Kier molecular flexibility index (Phi) is 8.22. The molecule has 1 fully saturated rings. The number of pyridine rings is 1. The van der Waals surface area contributed by atoms with E-state index in [0.717, 1.165) is 65.2 Å². The molecule has 1 unspecified atom stereocenters. The Hall–Kier alpha value is -3.87. The molecular weight excluding hydrogens is 476 g/mol. The van der Waals surface area contributed by atoms with Crippen LogP contribution in [0.5, 0.6) is 17.2 Å². The molecule has 1 aliphatic rings. The summed E-state index contributed by atoms with van der Waals surface area (Å²) in [5.74, 6) is 2.44. The smallest absolute Gasteiger partial charge is 0.128 e. The van der Waals surface area contributed by atoms with Crippen LogP contribution < -0.4 is 14.2 Å². The van der Waals surface area contributed by atoms with E-state index in [0.29, 0.717) is 6.54 Å². The van der Waals surface area contributed by atoms with E-state index >= 15 is 0 Å². The van der Waals surface area contributed by atoms with Crippen molar-refractivity contribution in [3.8, 4) is 17.2 Å². The third-order valence-corrected chi connectivity index (χ3v) is 7.07. The second kappa shape index (κ2) is 12.1. The number of hydrogen-bond acceptors (Lipinski definition) is 6. The van der Waals surface area contributed by atoms with Gasteiger partial charge in [-0.25, -0.2) is 0 Å². The first-order valence-corrected chi connectivity index (χ1v) is 13.0.